The number of amides is 1. The number of rotatable bonds is 6. The van der Waals surface area contributed by atoms with Gasteiger partial charge in [-0.25, -0.2) is 4.79 Å². The van der Waals surface area contributed by atoms with Crippen LogP contribution >= 0.6 is 0 Å². The molecule has 3 N–H and O–H groups in total. The molecule has 150 valence electrons. The maximum atomic E-state index is 12.2. The van der Waals surface area contributed by atoms with Gasteiger partial charge in [0.15, 0.2) is 0 Å². The number of carbonyl (C=O) groups is 1. The molecule has 0 aliphatic carbocycles. The van der Waals surface area contributed by atoms with E-state index in [2.05, 4.69) is 15.3 Å². The number of benzene rings is 2. The van der Waals surface area contributed by atoms with Crippen molar-refractivity contribution in [2.45, 2.75) is 6.92 Å². The van der Waals surface area contributed by atoms with E-state index in [1.165, 1.54) is 0 Å². The Morgan fingerprint density at radius 1 is 1.10 bits per heavy atom. The minimum absolute atomic E-state index is 0.137. The largest absolute Gasteiger partial charge is 0.508 e. The number of nitrogens with one attached hydrogen (secondary N) is 2. The van der Waals surface area contributed by atoms with Crippen molar-refractivity contribution in [2.75, 3.05) is 27.2 Å². The molecule has 0 fully saturated rings. The molecule has 0 radical (unpaired) electrons. The fourth-order valence-corrected chi connectivity index (χ4v) is 2.87. The summed E-state index contributed by atoms with van der Waals surface area (Å²) in [6.07, 6.45) is 0. The highest BCUT2D eigenvalue weighted by molar-refractivity contribution is 5.94. The van der Waals surface area contributed by atoms with Gasteiger partial charge in [-0.2, -0.15) is 4.98 Å². The monoisotopic (exact) mass is 392 g/mol. The van der Waals surface area contributed by atoms with Gasteiger partial charge < -0.3 is 20.3 Å². The Labute approximate surface area is 169 Å². The molecule has 3 rings (SSSR count). The summed E-state index contributed by atoms with van der Waals surface area (Å²) in [5, 5.41) is 12.6. The van der Waals surface area contributed by atoms with Crippen LogP contribution in [0.15, 0.2) is 53.3 Å². The standard InChI is InChI=1S/C22H24N4O3/c1-14-12-17(8-9-20(14)27)19-13-18(24-22(29)25-19)15-4-6-16(7-5-15)21(28)23-10-11-26(2)3/h4-9,12-13,27H,10-11H2,1-3H3,(H,23,28)(H,24,25,29). The quantitative estimate of drug-likeness (QED) is 0.598. The lowest BCUT2D eigenvalue weighted by molar-refractivity contribution is 0.0951. The first-order valence-corrected chi connectivity index (χ1v) is 9.28. The maximum Gasteiger partial charge on any atom is 0.345 e. The van der Waals surface area contributed by atoms with Crippen molar-refractivity contribution in [1.82, 2.24) is 20.2 Å². The number of hydrogen-bond acceptors (Lipinski definition) is 5. The Kier molecular flexibility index (Phi) is 6.09. The van der Waals surface area contributed by atoms with Crippen LogP contribution in [0.25, 0.3) is 22.5 Å². The van der Waals surface area contributed by atoms with E-state index in [1.807, 2.05) is 19.0 Å². The second kappa shape index (κ2) is 8.70. The third kappa shape index (κ3) is 5.08. The fraction of sp³-hybridized carbons (Fsp3) is 0.227. The van der Waals surface area contributed by atoms with Crippen LogP contribution in [-0.2, 0) is 0 Å². The normalized spacial score (nSPS) is 10.9. The SMILES string of the molecule is Cc1cc(-c2cc(-c3ccc(C(=O)NCCN(C)C)cc3)[nH]c(=O)n2)ccc1O. The predicted molar refractivity (Wildman–Crippen MR) is 113 cm³/mol. The molecule has 29 heavy (non-hydrogen) atoms. The lowest BCUT2D eigenvalue weighted by Gasteiger charge is -2.11. The predicted octanol–water partition coefficient (Wildman–Crippen LogP) is 2.41. The fourth-order valence-electron chi connectivity index (χ4n) is 2.87. The molecule has 2 aromatic carbocycles. The Hall–Kier alpha value is -3.45. The molecule has 1 heterocycles. The van der Waals surface area contributed by atoms with E-state index in [0.717, 1.165) is 17.7 Å². The smallest absolute Gasteiger partial charge is 0.345 e. The van der Waals surface area contributed by atoms with Crippen molar-refractivity contribution in [2.24, 2.45) is 0 Å². The Morgan fingerprint density at radius 2 is 1.79 bits per heavy atom. The minimum Gasteiger partial charge on any atom is -0.508 e. The number of aromatic hydroxyl groups is 1. The van der Waals surface area contributed by atoms with Crippen molar-refractivity contribution in [3.63, 3.8) is 0 Å². The first-order valence-electron chi connectivity index (χ1n) is 9.28. The molecule has 0 aliphatic heterocycles. The Balaban J connectivity index is 1.83. The number of nitrogens with zero attached hydrogens (tertiary/aromatic N) is 2. The summed E-state index contributed by atoms with van der Waals surface area (Å²) in [6.45, 7) is 3.12. The molecule has 0 saturated carbocycles. The lowest BCUT2D eigenvalue weighted by Crippen LogP contribution is -2.31. The van der Waals surface area contributed by atoms with Gasteiger partial charge in [-0.15, -0.1) is 0 Å². The van der Waals surface area contributed by atoms with Gasteiger partial charge in [-0.1, -0.05) is 12.1 Å². The molecular formula is C22H24N4O3. The molecule has 1 amide bonds. The van der Waals surface area contributed by atoms with E-state index < -0.39 is 5.69 Å². The number of aryl methyl sites for hydroxylation is 1. The van der Waals surface area contributed by atoms with E-state index in [1.54, 1.807) is 55.5 Å². The van der Waals surface area contributed by atoms with Crippen LogP contribution in [0.2, 0.25) is 0 Å². The van der Waals surface area contributed by atoms with E-state index in [-0.39, 0.29) is 11.7 Å². The first-order chi connectivity index (χ1) is 13.8. The number of aromatic amines is 1. The van der Waals surface area contributed by atoms with Crippen molar-refractivity contribution in [3.05, 3.63) is 70.1 Å². The Morgan fingerprint density at radius 3 is 2.45 bits per heavy atom. The number of likely N-dealkylation sites (N-methyl/N-ethyl adjacent to an activating group) is 1. The number of phenols is 1. The van der Waals surface area contributed by atoms with E-state index >= 15 is 0 Å². The molecule has 0 aliphatic rings. The van der Waals surface area contributed by atoms with Crippen molar-refractivity contribution >= 4 is 5.91 Å². The second-order valence-electron chi connectivity index (χ2n) is 7.12. The number of phenolic OH excluding ortho intramolecular Hbond substituents is 1. The minimum atomic E-state index is -0.464. The molecule has 1 aromatic heterocycles. The number of aromatic nitrogens is 2. The van der Waals surface area contributed by atoms with E-state index in [0.29, 0.717) is 29.1 Å². The molecule has 3 aromatic rings. The molecule has 0 bridgehead atoms. The van der Waals surface area contributed by atoms with Gasteiger partial charge in [0.25, 0.3) is 5.91 Å². The summed E-state index contributed by atoms with van der Waals surface area (Å²) in [5.74, 6) is 0.0557. The first kappa shape index (κ1) is 20.3. The van der Waals surface area contributed by atoms with Gasteiger partial charge >= 0.3 is 5.69 Å². The highest BCUT2D eigenvalue weighted by atomic mass is 16.3. The molecule has 7 nitrogen and oxygen atoms in total. The maximum absolute atomic E-state index is 12.2. The molecule has 7 heteroatoms. The van der Waals surface area contributed by atoms with Crippen LogP contribution in [0, 0.1) is 6.92 Å². The molecule has 0 saturated heterocycles. The van der Waals surface area contributed by atoms with Crippen molar-refractivity contribution < 1.29 is 9.90 Å². The lowest BCUT2D eigenvalue weighted by atomic mass is 10.0. The summed E-state index contributed by atoms with van der Waals surface area (Å²) in [6, 6.07) is 13.9. The summed E-state index contributed by atoms with van der Waals surface area (Å²) >= 11 is 0. The van der Waals surface area contributed by atoms with E-state index in [4.69, 9.17) is 0 Å². The number of H-pyrrole nitrogens is 1. The molecule has 0 spiro atoms. The average molecular weight is 392 g/mol. The van der Waals surface area contributed by atoms with Crippen LogP contribution < -0.4 is 11.0 Å². The highest BCUT2D eigenvalue weighted by Gasteiger charge is 2.09. The van der Waals surface area contributed by atoms with Gasteiger partial charge in [0.1, 0.15) is 5.75 Å². The summed E-state index contributed by atoms with van der Waals surface area (Å²) in [7, 11) is 3.90. The molecule has 0 unspecified atom stereocenters. The third-order valence-corrected chi connectivity index (χ3v) is 4.54. The van der Waals surface area contributed by atoms with Crippen LogP contribution in [0.3, 0.4) is 0 Å². The summed E-state index contributed by atoms with van der Waals surface area (Å²) in [4.78, 5) is 33.0. The van der Waals surface area contributed by atoms with Gasteiger partial charge in [0.05, 0.1) is 11.4 Å². The summed E-state index contributed by atoms with van der Waals surface area (Å²) < 4.78 is 0. The second-order valence-corrected chi connectivity index (χ2v) is 7.12. The zero-order chi connectivity index (χ0) is 21.0. The van der Waals surface area contributed by atoms with Crippen LogP contribution in [0.5, 0.6) is 5.75 Å². The van der Waals surface area contributed by atoms with Crippen LogP contribution in [0.4, 0.5) is 0 Å². The average Bonchev–Trinajstić information content (AvgIpc) is 2.69. The third-order valence-electron chi connectivity index (χ3n) is 4.54. The molecule has 0 atom stereocenters. The highest BCUT2D eigenvalue weighted by Crippen LogP contribution is 2.26. The summed E-state index contributed by atoms with van der Waals surface area (Å²) in [5.41, 5.74) is 3.42. The van der Waals surface area contributed by atoms with Gasteiger partial charge in [-0.05, 0) is 68.5 Å². The molecular weight excluding hydrogens is 368 g/mol. The van der Waals surface area contributed by atoms with Crippen LogP contribution in [0.1, 0.15) is 15.9 Å². The zero-order valence-corrected chi connectivity index (χ0v) is 16.7. The number of carbonyl (C=O) groups excluding carboxylic acids is 1. The topological polar surface area (TPSA) is 98.3 Å². The number of hydrogen-bond donors (Lipinski definition) is 3. The van der Waals surface area contributed by atoms with Gasteiger partial charge in [-0.3, -0.25) is 4.79 Å². The van der Waals surface area contributed by atoms with Gasteiger partial charge in [0, 0.05) is 24.2 Å². The Bertz CT molecular complexity index is 1070. The van der Waals surface area contributed by atoms with Crippen LogP contribution in [-0.4, -0.2) is 53.1 Å². The zero-order valence-electron chi connectivity index (χ0n) is 16.7. The van der Waals surface area contributed by atoms with Crippen molar-refractivity contribution in [1.29, 1.82) is 0 Å². The van der Waals surface area contributed by atoms with Crippen molar-refractivity contribution in [3.8, 4) is 28.3 Å². The van der Waals surface area contributed by atoms with E-state index in [9.17, 15) is 14.7 Å². The van der Waals surface area contributed by atoms with Gasteiger partial charge in [0.2, 0.25) is 0 Å².